The normalized spacial score (nSPS) is 25.2. The zero-order valence-corrected chi connectivity index (χ0v) is 14.4. The quantitative estimate of drug-likeness (QED) is 0.826. The highest BCUT2D eigenvalue weighted by Crippen LogP contribution is 2.27. The van der Waals surface area contributed by atoms with E-state index in [1.54, 1.807) is 7.11 Å². The number of nitrogens with zero attached hydrogens (tertiary/aromatic N) is 3. The van der Waals surface area contributed by atoms with Crippen molar-refractivity contribution >= 4 is 5.91 Å². The summed E-state index contributed by atoms with van der Waals surface area (Å²) in [6.45, 7) is 7.45. The van der Waals surface area contributed by atoms with Gasteiger partial charge >= 0.3 is 0 Å². The number of methoxy groups -OCH3 is 1. The van der Waals surface area contributed by atoms with Crippen LogP contribution in [-0.2, 0) is 16.1 Å². The summed E-state index contributed by atoms with van der Waals surface area (Å²) in [4.78, 5) is 14.8. The molecule has 6 heteroatoms. The van der Waals surface area contributed by atoms with Crippen LogP contribution in [0.3, 0.4) is 0 Å². The Labute approximate surface area is 138 Å². The molecule has 1 aliphatic heterocycles. The fourth-order valence-corrected chi connectivity index (χ4v) is 3.31. The van der Waals surface area contributed by atoms with Crippen molar-refractivity contribution in [2.75, 3.05) is 26.8 Å². The Morgan fingerprint density at radius 3 is 2.83 bits per heavy atom. The molecule has 0 unspecified atom stereocenters. The summed E-state index contributed by atoms with van der Waals surface area (Å²) in [5.74, 6) is 0.518. The maximum Gasteiger partial charge on any atom is 0.225 e. The third-order valence-electron chi connectivity index (χ3n) is 4.75. The molecule has 2 atom stereocenters. The van der Waals surface area contributed by atoms with Crippen molar-refractivity contribution in [3.05, 3.63) is 18.0 Å². The molecule has 1 aromatic rings. The second-order valence-electron chi connectivity index (χ2n) is 7.22. The van der Waals surface area contributed by atoms with Gasteiger partial charge < -0.3 is 10.1 Å². The predicted octanol–water partition coefficient (Wildman–Crippen LogP) is 1.44. The molecule has 1 aromatic heterocycles. The van der Waals surface area contributed by atoms with E-state index in [1.165, 1.54) is 5.56 Å². The maximum absolute atomic E-state index is 12.5. The third-order valence-corrected chi connectivity index (χ3v) is 4.75. The number of aromatic nitrogens is 2. The molecule has 1 aliphatic carbocycles. The van der Waals surface area contributed by atoms with E-state index in [1.807, 2.05) is 10.9 Å². The van der Waals surface area contributed by atoms with Gasteiger partial charge in [0.2, 0.25) is 5.91 Å². The van der Waals surface area contributed by atoms with E-state index in [4.69, 9.17) is 4.74 Å². The van der Waals surface area contributed by atoms with E-state index >= 15 is 0 Å². The van der Waals surface area contributed by atoms with Gasteiger partial charge in [0.15, 0.2) is 0 Å². The molecular formula is C17H28N4O2. The van der Waals surface area contributed by atoms with E-state index in [9.17, 15) is 4.79 Å². The van der Waals surface area contributed by atoms with Crippen LogP contribution >= 0.6 is 0 Å². The fraction of sp³-hybridized carbons (Fsp3) is 0.765. The first-order valence-corrected chi connectivity index (χ1v) is 8.61. The lowest BCUT2D eigenvalue weighted by atomic mass is 9.96. The minimum absolute atomic E-state index is 0.0377. The molecule has 1 saturated carbocycles. The number of nitrogens with one attached hydrogen (secondary N) is 1. The van der Waals surface area contributed by atoms with Crippen LogP contribution in [0.5, 0.6) is 0 Å². The molecule has 0 radical (unpaired) electrons. The van der Waals surface area contributed by atoms with Crippen LogP contribution in [0, 0.1) is 11.8 Å². The molecule has 23 heavy (non-hydrogen) atoms. The highest BCUT2D eigenvalue weighted by molar-refractivity contribution is 5.80. The molecule has 0 aromatic carbocycles. The fourth-order valence-electron chi connectivity index (χ4n) is 3.31. The summed E-state index contributed by atoms with van der Waals surface area (Å²) in [5.41, 5.74) is 1.21. The Hall–Kier alpha value is -1.40. The van der Waals surface area contributed by atoms with Gasteiger partial charge in [-0.15, -0.1) is 0 Å². The van der Waals surface area contributed by atoms with Crippen molar-refractivity contribution < 1.29 is 9.53 Å². The molecule has 2 aliphatic rings. The standard InChI is InChI=1S/C17H28N4O2/c1-12(2)21-8-13(6-18-21)7-20-9-14(11-23-3)16(10-20)17(22)19-15-4-5-15/h6,8,12,14-16H,4-5,7,9-11H2,1-3H3,(H,19,22)/t14-,16+/m0/s1. The molecule has 3 rings (SSSR count). The van der Waals surface area contributed by atoms with E-state index in [0.717, 1.165) is 32.5 Å². The predicted molar refractivity (Wildman–Crippen MR) is 87.9 cm³/mol. The molecule has 128 valence electrons. The molecule has 1 amide bonds. The second kappa shape index (κ2) is 7.01. The number of hydrogen-bond acceptors (Lipinski definition) is 4. The average Bonchev–Trinajstić information content (AvgIpc) is 3.04. The van der Waals surface area contributed by atoms with Crippen LogP contribution in [0.15, 0.2) is 12.4 Å². The number of carbonyl (C=O) groups is 1. The first-order valence-electron chi connectivity index (χ1n) is 8.61. The summed E-state index contributed by atoms with van der Waals surface area (Å²) in [6, 6.07) is 0.796. The number of hydrogen-bond donors (Lipinski definition) is 1. The summed E-state index contributed by atoms with van der Waals surface area (Å²) in [5, 5.41) is 7.55. The largest absolute Gasteiger partial charge is 0.384 e. The molecule has 2 fully saturated rings. The topological polar surface area (TPSA) is 59.4 Å². The van der Waals surface area contributed by atoms with Crippen LogP contribution in [0.2, 0.25) is 0 Å². The average molecular weight is 320 g/mol. The Kier molecular flexibility index (Phi) is 5.02. The summed E-state index contributed by atoms with van der Waals surface area (Å²) in [6.07, 6.45) is 6.30. The molecular weight excluding hydrogens is 292 g/mol. The monoisotopic (exact) mass is 320 g/mol. The van der Waals surface area contributed by atoms with Gasteiger partial charge in [-0.1, -0.05) is 0 Å². The van der Waals surface area contributed by atoms with Crippen molar-refractivity contribution in [1.29, 1.82) is 0 Å². The van der Waals surface area contributed by atoms with Crippen molar-refractivity contribution in [2.24, 2.45) is 11.8 Å². The minimum atomic E-state index is 0.0377. The lowest BCUT2D eigenvalue weighted by Gasteiger charge is -2.16. The zero-order chi connectivity index (χ0) is 16.4. The van der Waals surface area contributed by atoms with Crippen molar-refractivity contribution in [3.8, 4) is 0 Å². The van der Waals surface area contributed by atoms with Crippen molar-refractivity contribution in [2.45, 2.75) is 45.3 Å². The van der Waals surface area contributed by atoms with Gasteiger partial charge in [0, 0.05) is 56.5 Å². The van der Waals surface area contributed by atoms with Crippen LogP contribution in [0.1, 0.15) is 38.3 Å². The van der Waals surface area contributed by atoms with E-state index < -0.39 is 0 Å². The molecule has 0 spiro atoms. The minimum Gasteiger partial charge on any atom is -0.384 e. The van der Waals surface area contributed by atoms with Crippen LogP contribution < -0.4 is 5.32 Å². The van der Waals surface area contributed by atoms with Crippen LogP contribution in [0.4, 0.5) is 0 Å². The summed E-state index contributed by atoms with van der Waals surface area (Å²) in [7, 11) is 1.71. The van der Waals surface area contributed by atoms with E-state index in [0.29, 0.717) is 18.7 Å². The van der Waals surface area contributed by atoms with E-state index in [2.05, 4.69) is 35.4 Å². The summed E-state index contributed by atoms with van der Waals surface area (Å²) < 4.78 is 7.32. The molecule has 0 bridgehead atoms. The van der Waals surface area contributed by atoms with Gasteiger partial charge in [0.05, 0.1) is 18.7 Å². The van der Waals surface area contributed by atoms with E-state index in [-0.39, 0.29) is 17.7 Å². The maximum atomic E-state index is 12.5. The number of likely N-dealkylation sites (tertiary alicyclic amines) is 1. The first kappa shape index (κ1) is 16.5. The Morgan fingerprint density at radius 2 is 2.22 bits per heavy atom. The molecule has 1 N–H and O–H groups in total. The number of ether oxygens (including phenoxy) is 1. The van der Waals surface area contributed by atoms with Gasteiger partial charge in [-0.05, 0) is 26.7 Å². The summed E-state index contributed by atoms with van der Waals surface area (Å²) >= 11 is 0. The lowest BCUT2D eigenvalue weighted by molar-refractivity contribution is -0.126. The van der Waals surface area contributed by atoms with Crippen LogP contribution in [0.25, 0.3) is 0 Å². The third kappa shape index (κ3) is 4.12. The molecule has 1 saturated heterocycles. The Balaban J connectivity index is 1.60. The first-order chi connectivity index (χ1) is 11.1. The van der Waals surface area contributed by atoms with Gasteiger partial charge in [-0.3, -0.25) is 14.4 Å². The Morgan fingerprint density at radius 1 is 1.43 bits per heavy atom. The van der Waals surface area contributed by atoms with Crippen LogP contribution in [-0.4, -0.2) is 53.4 Å². The molecule has 2 heterocycles. The number of carbonyl (C=O) groups excluding carboxylic acids is 1. The molecule has 6 nitrogen and oxygen atoms in total. The number of rotatable bonds is 7. The number of amides is 1. The van der Waals surface area contributed by atoms with Gasteiger partial charge in [-0.25, -0.2) is 0 Å². The van der Waals surface area contributed by atoms with Gasteiger partial charge in [-0.2, -0.15) is 5.10 Å². The van der Waals surface area contributed by atoms with Gasteiger partial charge in [0.1, 0.15) is 0 Å². The van der Waals surface area contributed by atoms with Crippen molar-refractivity contribution in [1.82, 2.24) is 20.0 Å². The SMILES string of the molecule is COC[C@@H]1CN(Cc2cnn(C(C)C)c2)C[C@H]1C(=O)NC1CC1. The highest BCUT2D eigenvalue weighted by Gasteiger charge is 2.39. The lowest BCUT2D eigenvalue weighted by Crippen LogP contribution is -2.37. The van der Waals surface area contributed by atoms with Gasteiger partial charge in [0.25, 0.3) is 0 Å². The smallest absolute Gasteiger partial charge is 0.225 e. The zero-order valence-electron chi connectivity index (χ0n) is 14.4. The van der Waals surface area contributed by atoms with Crippen molar-refractivity contribution in [3.63, 3.8) is 0 Å². The Bertz CT molecular complexity index is 538. The second-order valence-corrected chi connectivity index (χ2v) is 7.22. The highest BCUT2D eigenvalue weighted by atomic mass is 16.5.